The molecule has 5 rings (SSSR count). The number of nitrogens with one attached hydrogen (secondary N) is 3. The molecule has 3 N–H and O–H groups in total. The summed E-state index contributed by atoms with van der Waals surface area (Å²) in [5.41, 5.74) is 2.70. The third kappa shape index (κ3) is 3.72. The van der Waals surface area contributed by atoms with E-state index in [1.54, 1.807) is 0 Å². The molecular formula is C21H23N5O2S. The minimum Gasteiger partial charge on any atom is -0.361 e. The van der Waals surface area contributed by atoms with E-state index < -0.39 is 0 Å². The predicted molar refractivity (Wildman–Crippen MR) is 113 cm³/mol. The van der Waals surface area contributed by atoms with Crippen LogP contribution in [0.4, 0.5) is 9.93 Å². The first-order chi connectivity index (χ1) is 14.2. The van der Waals surface area contributed by atoms with Gasteiger partial charge in [0.2, 0.25) is 0 Å². The van der Waals surface area contributed by atoms with Gasteiger partial charge in [-0.05, 0) is 37.1 Å². The lowest BCUT2D eigenvalue weighted by Crippen LogP contribution is -2.36. The van der Waals surface area contributed by atoms with Crippen LogP contribution in [0.3, 0.4) is 0 Å². The molecule has 2 aliphatic rings. The van der Waals surface area contributed by atoms with Gasteiger partial charge in [0.25, 0.3) is 5.91 Å². The summed E-state index contributed by atoms with van der Waals surface area (Å²) in [4.78, 5) is 35.8. The Hall–Kier alpha value is -2.87. The Morgan fingerprint density at radius 2 is 2.07 bits per heavy atom. The lowest BCUT2D eigenvalue weighted by atomic mass is 10.1. The Bertz CT molecular complexity index is 1070. The maximum Gasteiger partial charge on any atom is 0.321 e. The Labute approximate surface area is 172 Å². The standard InChI is InChI=1S/C21H23N5O2S/c27-19(14-5-6-16-13(11-14)7-9-22-16)26-10-8-17-18(12-26)29-21(24-17)25-20(28)23-15-3-1-2-4-15/h5-7,9,11,15,22H,1-4,8,10,12H2,(H2,23,24,25,28). The summed E-state index contributed by atoms with van der Waals surface area (Å²) in [6.45, 7) is 1.16. The van der Waals surface area contributed by atoms with E-state index in [0.717, 1.165) is 34.3 Å². The van der Waals surface area contributed by atoms with Gasteiger partial charge in [0.1, 0.15) is 0 Å². The summed E-state index contributed by atoms with van der Waals surface area (Å²) in [7, 11) is 0. The van der Waals surface area contributed by atoms with Crippen LogP contribution >= 0.6 is 11.3 Å². The van der Waals surface area contributed by atoms with E-state index in [0.29, 0.717) is 30.2 Å². The molecule has 7 nitrogen and oxygen atoms in total. The molecule has 1 aromatic carbocycles. The second-order valence-electron chi connectivity index (χ2n) is 7.73. The first-order valence-corrected chi connectivity index (χ1v) is 10.9. The molecule has 1 aliphatic heterocycles. The van der Waals surface area contributed by atoms with Gasteiger partial charge in [-0.3, -0.25) is 10.1 Å². The Morgan fingerprint density at radius 3 is 2.93 bits per heavy atom. The van der Waals surface area contributed by atoms with Crippen LogP contribution in [0, 0.1) is 0 Å². The molecule has 2 aromatic heterocycles. The number of amides is 3. The number of carbonyl (C=O) groups is 2. The first kappa shape index (κ1) is 18.2. The molecule has 29 heavy (non-hydrogen) atoms. The fourth-order valence-corrected chi connectivity index (χ4v) is 5.20. The first-order valence-electron chi connectivity index (χ1n) is 10.1. The van der Waals surface area contributed by atoms with Crippen LogP contribution in [0.5, 0.6) is 0 Å². The predicted octanol–water partition coefficient (Wildman–Crippen LogP) is 3.89. The van der Waals surface area contributed by atoms with Gasteiger partial charge in [-0.15, -0.1) is 0 Å². The average Bonchev–Trinajstić information content (AvgIpc) is 3.46. The maximum atomic E-state index is 13.0. The van der Waals surface area contributed by atoms with Gasteiger partial charge in [-0.25, -0.2) is 9.78 Å². The quantitative estimate of drug-likeness (QED) is 0.613. The van der Waals surface area contributed by atoms with Crippen molar-refractivity contribution in [2.24, 2.45) is 0 Å². The van der Waals surface area contributed by atoms with Crippen molar-refractivity contribution in [3.8, 4) is 0 Å². The van der Waals surface area contributed by atoms with Crippen molar-refractivity contribution in [3.63, 3.8) is 0 Å². The van der Waals surface area contributed by atoms with Crippen molar-refractivity contribution in [2.45, 2.75) is 44.7 Å². The van der Waals surface area contributed by atoms with Crippen LogP contribution in [0.2, 0.25) is 0 Å². The number of nitrogens with zero attached hydrogens (tertiary/aromatic N) is 2. The Kier molecular flexibility index (Phi) is 4.71. The van der Waals surface area contributed by atoms with Crippen LogP contribution in [0.15, 0.2) is 30.5 Å². The SMILES string of the molecule is O=C(Nc1nc2c(s1)CN(C(=O)c1ccc3[nH]ccc3c1)CC2)NC1CCCC1. The molecule has 1 fully saturated rings. The number of rotatable bonds is 3. The number of fused-ring (bicyclic) bond motifs is 2. The molecule has 150 valence electrons. The van der Waals surface area contributed by atoms with Crippen molar-refractivity contribution in [3.05, 3.63) is 46.6 Å². The van der Waals surface area contributed by atoms with E-state index in [1.165, 1.54) is 24.2 Å². The fourth-order valence-electron chi connectivity index (χ4n) is 4.18. The zero-order valence-corrected chi connectivity index (χ0v) is 16.8. The molecule has 1 aliphatic carbocycles. The van der Waals surface area contributed by atoms with Gasteiger partial charge in [-0.2, -0.15) is 0 Å². The topological polar surface area (TPSA) is 90.1 Å². The molecule has 0 spiro atoms. The zero-order valence-electron chi connectivity index (χ0n) is 16.0. The summed E-state index contributed by atoms with van der Waals surface area (Å²) in [6, 6.07) is 7.79. The van der Waals surface area contributed by atoms with E-state index in [1.807, 2.05) is 35.4 Å². The van der Waals surface area contributed by atoms with Gasteiger partial charge < -0.3 is 15.2 Å². The number of thiazole rings is 1. The number of carbonyl (C=O) groups excluding carboxylic acids is 2. The second-order valence-corrected chi connectivity index (χ2v) is 8.81. The molecule has 0 saturated heterocycles. The second kappa shape index (κ2) is 7.51. The minimum absolute atomic E-state index is 0.0284. The smallest absolute Gasteiger partial charge is 0.321 e. The van der Waals surface area contributed by atoms with Gasteiger partial charge in [0.05, 0.1) is 12.2 Å². The molecule has 0 atom stereocenters. The van der Waals surface area contributed by atoms with Crippen molar-refractivity contribution in [1.29, 1.82) is 0 Å². The minimum atomic E-state index is -0.185. The maximum absolute atomic E-state index is 13.0. The highest BCUT2D eigenvalue weighted by molar-refractivity contribution is 7.15. The van der Waals surface area contributed by atoms with E-state index in [9.17, 15) is 9.59 Å². The summed E-state index contributed by atoms with van der Waals surface area (Å²) in [6.07, 6.45) is 7.03. The van der Waals surface area contributed by atoms with Crippen LogP contribution < -0.4 is 10.6 Å². The summed E-state index contributed by atoms with van der Waals surface area (Å²) >= 11 is 1.46. The van der Waals surface area contributed by atoms with Gasteiger partial charge in [0.15, 0.2) is 5.13 Å². The van der Waals surface area contributed by atoms with Gasteiger partial charge >= 0.3 is 6.03 Å². The van der Waals surface area contributed by atoms with Crippen molar-refractivity contribution >= 4 is 39.3 Å². The number of hydrogen-bond donors (Lipinski definition) is 3. The summed E-state index contributed by atoms with van der Waals surface area (Å²) in [5.74, 6) is 0.0284. The van der Waals surface area contributed by atoms with E-state index >= 15 is 0 Å². The molecule has 3 aromatic rings. The van der Waals surface area contributed by atoms with Gasteiger partial charge in [-0.1, -0.05) is 24.2 Å². The molecule has 3 amide bonds. The molecule has 1 saturated carbocycles. The van der Waals surface area contributed by atoms with E-state index in [-0.39, 0.29) is 18.0 Å². The van der Waals surface area contributed by atoms with Crippen LogP contribution in [0.1, 0.15) is 46.6 Å². The monoisotopic (exact) mass is 409 g/mol. The molecule has 8 heteroatoms. The number of aromatic nitrogens is 2. The van der Waals surface area contributed by atoms with Gasteiger partial charge in [0, 0.05) is 46.5 Å². The normalized spacial score (nSPS) is 16.8. The van der Waals surface area contributed by atoms with E-state index in [4.69, 9.17) is 0 Å². The zero-order chi connectivity index (χ0) is 19.8. The molecule has 0 unspecified atom stereocenters. The number of hydrogen-bond acceptors (Lipinski definition) is 4. The number of benzene rings is 1. The summed E-state index contributed by atoms with van der Waals surface area (Å²) < 4.78 is 0. The highest BCUT2D eigenvalue weighted by atomic mass is 32.1. The number of aromatic amines is 1. The Balaban J connectivity index is 1.25. The molecule has 3 heterocycles. The van der Waals surface area contributed by atoms with Crippen molar-refractivity contribution in [1.82, 2.24) is 20.2 Å². The Morgan fingerprint density at radius 1 is 1.21 bits per heavy atom. The lowest BCUT2D eigenvalue weighted by Gasteiger charge is -2.26. The highest BCUT2D eigenvalue weighted by Gasteiger charge is 2.26. The summed E-state index contributed by atoms with van der Waals surface area (Å²) in [5, 5.41) is 7.53. The third-order valence-corrected chi connectivity index (χ3v) is 6.73. The third-order valence-electron chi connectivity index (χ3n) is 5.73. The molecule has 0 radical (unpaired) electrons. The van der Waals surface area contributed by atoms with Crippen molar-refractivity contribution in [2.75, 3.05) is 11.9 Å². The highest BCUT2D eigenvalue weighted by Crippen LogP contribution is 2.29. The lowest BCUT2D eigenvalue weighted by molar-refractivity contribution is 0.0736. The van der Waals surface area contributed by atoms with Crippen molar-refractivity contribution < 1.29 is 9.59 Å². The number of urea groups is 1. The molecule has 0 bridgehead atoms. The van der Waals surface area contributed by atoms with E-state index in [2.05, 4.69) is 20.6 Å². The number of H-pyrrole nitrogens is 1. The van der Waals surface area contributed by atoms with Crippen LogP contribution in [-0.2, 0) is 13.0 Å². The van der Waals surface area contributed by atoms with Crippen LogP contribution in [0.25, 0.3) is 10.9 Å². The average molecular weight is 410 g/mol. The number of anilines is 1. The van der Waals surface area contributed by atoms with Crippen LogP contribution in [-0.4, -0.2) is 39.4 Å². The largest absolute Gasteiger partial charge is 0.361 e. The fraction of sp³-hybridized carbons (Fsp3) is 0.381. The molecular weight excluding hydrogens is 386 g/mol.